The number of hydrogen-bond acceptors (Lipinski definition) is 4. The fourth-order valence-electron chi connectivity index (χ4n) is 3.65. The van der Waals surface area contributed by atoms with E-state index in [1.165, 1.54) is 6.42 Å². The van der Waals surface area contributed by atoms with E-state index in [4.69, 9.17) is 0 Å². The lowest BCUT2D eigenvalue weighted by Crippen LogP contribution is -2.53. The topological polar surface area (TPSA) is 60.9 Å². The van der Waals surface area contributed by atoms with Crippen molar-refractivity contribution in [2.45, 2.75) is 42.6 Å². The molecule has 1 aromatic rings. The van der Waals surface area contributed by atoms with Crippen LogP contribution in [0.25, 0.3) is 0 Å². The second-order valence-corrected chi connectivity index (χ2v) is 8.72. The lowest BCUT2D eigenvalue weighted by atomic mass is 9.84. The fourth-order valence-corrected chi connectivity index (χ4v) is 5.10. The van der Waals surface area contributed by atoms with Crippen molar-refractivity contribution in [3.8, 4) is 0 Å². The molecule has 1 aliphatic heterocycles. The van der Waals surface area contributed by atoms with Crippen LogP contribution in [0, 0.1) is 0 Å². The Kier molecular flexibility index (Phi) is 5.06. The van der Waals surface area contributed by atoms with E-state index in [9.17, 15) is 13.5 Å². The molecule has 128 valence electrons. The lowest BCUT2D eigenvalue weighted by Gasteiger charge is -2.40. The van der Waals surface area contributed by atoms with E-state index in [1.54, 1.807) is 28.6 Å². The zero-order chi connectivity index (χ0) is 16.3. The Morgan fingerprint density at radius 1 is 0.957 bits per heavy atom. The van der Waals surface area contributed by atoms with Crippen LogP contribution in [0.5, 0.6) is 0 Å². The van der Waals surface area contributed by atoms with Gasteiger partial charge in [-0.15, -0.1) is 0 Å². The molecule has 0 unspecified atom stereocenters. The third-order valence-electron chi connectivity index (χ3n) is 5.01. The first kappa shape index (κ1) is 16.9. The number of rotatable bonds is 4. The van der Waals surface area contributed by atoms with Crippen molar-refractivity contribution in [3.05, 3.63) is 30.3 Å². The molecule has 1 saturated heterocycles. The van der Waals surface area contributed by atoms with Crippen LogP contribution in [0.2, 0.25) is 0 Å². The van der Waals surface area contributed by atoms with Crippen LogP contribution in [0.4, 0.5) is 0 Å². The van der Waals surface area contributed by atoms with Gasteiger partial charge in [0.15, 0.2) is 0 Å². The first-order valence-electron chi connectivity index (χ1n) is 8.50. The SMILES string of the molecule is O=S(=O)(c1ccccc1)N1CCN(CC2(O)CCCCC2)CC1. The van der Waals surface area contributed by atoms with Gasteiger partial charge in [0, 0.05) is 32.7 Å². The molecule has 0 radical (unpaired) electrons. The van der Waals surface area contributed by atoms with Gasteiger partial charge in [0.2, 0.25) is 10.0 Å². The minimum absolute atomic E-state index is 0.361. The fraction of sp³-hybridized carbons (Fsp3) is 0.647. The van der Waals surface area contributed by atoms with Gasteiger partial charge >= 0.3 is 0 Å². The van der Waals surface area contributed by atoms with Gasteiger partial charge < -0.3 is 5.11 Å². The monoisotopic (exact) mass is 338 g/mol. The molecule has 0 spiro atoms. The van der Waals surface area contributed by atoms with Crippen LogP contribution in [-0.4, -0.2) is 61.1 Å². The zero-order valence-electron chi connectivity index (χ0n) is 13.5. The predicted molar refractivity (Wildman–Crippen MR) is 89.7 cm³/mol. The zero-order valence-corrected chi connectivity index (χ0v) is 14.3. The molecular weight excluding hydrogens is 312 g/mol. The minimum atomic E-state index is -3.39. The largest absolute Gasteiger partial charge is 0.389 e. The molecule has 1 saturated carbocycles. The maximum Gasteiger partial charge on any atom is 0.243 e. The highest BCUT2D eigenvalue weighted by molar-refractivity contribution is 7.89. The van der Waals surface area contributed by atoms with Crippen molar-refractivity contribution >= 4 is 10.0 Å². The molecule has 0 amide bonds. The number of β-amino-alcohol motifs (C(OH)–C–C–N with tert-alkyl or cyclic N) is 1. The first-order chi connectivity index (χ1) is 11.0. The van der Waals surface area contributed by atoms with Crippen LogP contribution in [0.3, 0.4) is 0 Å². The van der Waals surface area contributed by atoms with Gasteiger partial charge in [0.05, 0.1) is 10.5 Å². The molecule has 0 bridgehead atoms. The summed E-state index contributed by atoms with van der Waals surface area (Å²) in [6.45, 7) is 3.04. The van der Waals surface area contributed by atoms with E-state index >= 15 is 0 Å². The molecule has 1 N–H and O–H groups in total. The second kappa shape index (κ2) is 6.89. The Morgan fingerprint density at radius 3 is 2.17 bits per heavy atom. The Labute approximate surface area is 139 Å². The summed E-state index contributed by atoms with van der Waals surface area (Å²) in [5, 5.41) is 10.7. The van der Waals surface area contributed by atoms with E-state index in [-0.39, 0.29) is 0 Å². The van der Waals surface area contributed by atoms with Crippen LogP contribution in [-0.2, 0) is 10.0 Å². The molecule has 0 atom stereocenters. The standard InChI is InChI=1S/C17H26N2O3S/c20-17(9-5-2-6-10-17)15-18-11-13-19(14-12-18)23(21,22)16-7-3-1-4-8-16/h1,3-4,7-8,20H,2,5-6,9-15H2. The molecule has 1 heterocycles. The minimum Gasteiger partial charge on any atom is -0.389 e. The maximum atomic E-state index is 12.6. The predicted octanol–water partition coefficient (Wildman–Crippen LogP) is 1.69. The Hall–Kier alpha value is -0.950. The molecular formula is C17H26N2O3S. The van der Waals surface area contributed by atoms with Crippen molar-refractivity contribution in [1.29, 1.82) is 0 Å². The third-order valence-corrected chi connectivity index (χ3v) is 6.93. The average Bonchev–Trinajstić information content (AvgIpc) is 2.56. The van der Waals surface area contributed by atoms with Crippen molar-refractivity contribution in [1.82, 2.24) is 9.21 Å². The highest BCUT2D eigenvalue weighted by atomic mass is 32.2. The number of benzene rings is 1. The van der Waals surface area contributed by atoms with E-state index in [1.807, 2.05) is 6.07 Å². The molecule has 0 aromatic heterocycles. The van der Waals surface area contributed by atoms with Gasteiger partial charge in [-0.3, -0.25) is 4.90 Å². The van der Waals surface area contributed by atoms with Gasteiger partial charge in [-0.2, -0.15) is 4.31 Å². The van der Waals surface area contributed by atoms with Crippen LogP contribution >= 0.6 is 0 Å². The van der Waals surface area contributed by atoms with Crippen molar-refractivity contribution in [2.75, 3.05) is 32.7 Å². The normalized spacial score (nSPS) is 23.7. The summed E-state index contributed by atoms with van der Waals surface area (Å²) in [7, 11) is -3.39. The molecule has 6 heteroatoms. The smallest absolute Gasteiger partial charge is 0.243 e. The number of hydrogen-bond donors (Lipinski definition) is 1. The summed E-state index contributed by atoms with van der Waals surface area (Å²) >= 11 is 0. The van der Waals surface area contributed by atoms with E-state index < -0.39 is 15.6 Å². The summed E-state index contributed by atoms with van der Waals surface area (Å²) in [6.07, 6.45) is 5.15. The summed E-state index contributed by atoms with van der Waals surface area (Å²) in [4.78, 5) is 2.57. The van der Waals surface area contributed by atoms with Crippen LogP contribution in [0.15, 0.2) is 35.2 Å². The van der Waals surface area contributed by atoms with Gasteiger partial charge in [-0.25, -0.2) is 8.42 Å². The van der Waals surface area contributed by atoms with Crippen molar-refractivity contribution in [2.24, 2.45) is 0 Å². The number of piperazine rings is 1. The van der Waals surface area contributed by atoms with Crippen LogP contribution < -0.4 is 0 Å². The third kappa shape index (κ3) is 3.94. The molecule has 23 heavy (non-hydrogen) atoms. The van der Waals surface area contributed by atoms with Crippen LogP contribution in [0.1, 0.15) is 32.1 Å². The number of sulfonamides is 1. The van der Waals surface area contributed by atoms with Gasteiger partial charge in [0.25, 0.3) is 0 Å². The van der Waals surface area contributed by atoms with Crippen molar-refractivity contribution in [3.63, 3.8) is 0 Å². The number of aliphatic hydroxyl groups is 1. The molecule has 5 nitrogen and oxygen atoms in total. The molecule has 2 fully saturated rings. The van der Waals surface area contributed by atoms with Gasteiger partial charge in [-0.1, -0.05) is 37.5 Å². The van der Waals surface area contributed by atoms with E-state index in [0.717, 1.165) is 25.7 Å². The Morgan fingerprint density at radius 2 is 1.57 bits per heavy atom. The maximum absolute atomic E-state index is 12.6. The highest BCUT2D eigenvalue weighted by Crippen LogP contribution is 2.29. The number of nitrogens with zero attached hydrogens (tertiary/aromatic N) is 2. The summed E-state index contributed by atoms with van der Waals surface area (Å²) in [6, 6.07) is 8.62. The van der Waals surface area contributed by atoms with Gasteiger partial charge in [-0.05, 0) is 25.0 Å². The summed E-state index contributed by atoms with van der Waals surface area (Å²) in [5.74, 6) is 0. The second-order valence-electron chi connectivity index (χ2n) is 6.78. The summed E-state index contributed by atoms with van der Waals surface area (Å²) < 4.78 is 26.8. The lowest BCUT2D eigenvalue weighted by molar-refractivity contribution is -0.0315. The molecule has 3 rings (SSSR count). The Balaban J connectivity index is 1.58. The van der Waals surface area contributed by atoms with Gasteiger partial charge in [0.1, 0.15) is 0 Å². The van der Waals surface area contributed by atoms with Crippen molar-refractivity contribution < 1.29 is 13.5 Å². The molecule has 1 aromatic carbocycles. The quantitative estimate of drug-likeness (QED) is 0.907. The summed E-state index contributed by atoms with van der Waals surface area (Å²) in [5.41, 5.74) is -0.571. The van der Waals surface area contributed by atoms with E-state index in [0.29, 0.717) is 37.6 Å². The highest BCUT2D eigenvalue weighted by Gasteiger charge is 2.34. The average molecular weight is 338 g/mol. The molecule has 2 aliphatic rings. The first-order valence-corrected chi connectivity index (χ1v) is 9.94. The Bertz CT molecular complexity index is 604. The van der Waals surface area contributed by atoms with E-state index in [2.05, 4.69) is 4.90 Å². The molecule has 1 aliphatic carbocycles.